The van der Waals surface area contributed by atoms with Crippen LogP contribution >= 0.6 is 43.2 Å². The van der Waals surface area contributed by atoms with Gasteiger partial charge in [-0.05, 0) is 40.9 Å². The minimum atomic E-state index is 0.187. The lowest BCUT2D eigenvalue weighted by Gasteiger charge is -2.28. The zero-order valence-electron chi connectivity index (χ0n) is 9.49. The van der Waals surface area contributed by atoms with Crippen LogP contribution in [0.5, 0.6) is 0 Å². The van der Waals surface area contributed by atoms with Crippen LogP contribution in [0.3, 0.4) is 0 Å². The average Bonchev–Trinajstić information content (AvgIpc) is 2.64. The Morgan fingerprint density at radius 2 is 2.24 bits per heavy atom. The Hall–Kier alpha value is 0.130. The topological polar surface area (TPSA) is 20.3 Å². The fourth-order valence-corrected chi connectivity index (χ4v) is 4.19. The average molecular weight is 381 g/mol. The number of halogens is 2. The lowest BCUT2D eigenvalue weighted by atomic mass is 10.1. The van der Waals surface area contributed by atoms with E-state index in [1.165, 1.54) is 24.2 Å². The highest BCUT2D eigenvalue weighted by Crippen LogP contribution is 2.26. The van der Waals surface area contributed by atoms with Gasteiger partial charge in [-0.25, -0.2) is 0 Å². The summed E-state index contributed by atoms with van der Waals surface area (Å²) < 4.78 is 1.02. The smallest absolute Gasteiger partial charge is 0.264 e. The second-order valence-electron chi connectivity index (χ2n) is 4.26. The molecule has 0 spiro atoms. The maximum absolute atomic E-state index is 12.4. The number of thiophene rings is 1. The van der Waals surface area contributed by atoms with Gasteiger partial charge in [-0.15, -0.1) is 11.3 Å². The first-order chi connectivity index (χ1) is 8.22. The number of amides is 1. The molecule has 17 heavy (non-hydrogen) atoms. The molecular weight excluding hydrogens is 366 g/mol. The summed E-state index contributed by atoms with van der Waals surface area (Å²) in [5.74, 6) is 0.187. The number of carbonyl (C=O) groups is 1. The molecule has 0 bridgehead atoms. The highest BCUT2D eigenvalue weighted by atomic mass is 79.9. The van der Waals surface area contributed by atoms with E-state index >= 15 is 0 Å². The van der Waals surface area contributed by atoms with Gasteiger partial charge >= 0.3 is 0 Å². The van der Waals surface area contributed by atoms with Crippen molar-refractivity contribution in [3.8, 4) is 0 Å². The summed E-state index contributed by atoms with van der Waals surface area (Å²) in [7, 11) is 0. The zero-order valence-corrected chi connectivity index (χ0v) is 13.5. The number of hydrogen-bond donors (Lipinski definition) is 0. The quantitative estimate of drug-likeness (QED) is 0.700. The SMILES string of the molecule is O=C(c1ccc(Br)s1)N1CCCCCC1CBr. The molecule has 1 aromatic heterocycles. The molecule has 1 fully saturated rings. The van der Waals surface area contributed by atoms with Gasteiger partial charge in [0.05, 0.1) is 8.66 Å². The Morgan fingerprint density at radius 1 is 1.41 bits per heavy atom. The van der Waals surface area contributed by atoms with Crippen molar-refractivity contribution in [2.75, 3.05) is 11.9 Å². The van der Waals surface area contributed by atoms with E-state index in [0.29, 0.717) is 6.04 Å². The maximum atomic E-state index is 12.4. The summed E-state index contributed by atoms with van der Waals surface area (Å²) in [5, 5.41) is 0.880. The Morgan fingerprint density at radius 3 is 2.88 bits per heavy atom. The van der Waals surface area contributed by atoms with Crippen LogP contribution in [0, 0.1) is 0 Å². The molecule has 1 aromatic rings. The van der Waals surface area contributed by atoms with Crippen LogP contribution in [0.25, 0.3) is 0 Å². The van der Waals surface area contributed by atoms with Crippen LogP contribution in [0.2, 0.25) is 0 Å². The molecule has 1 amide bonds. The second kappa shape index (κ2) is 6.34. The number of alkyl halides is 1. The van der Waals surface area contributed by atoms with Crippen molar-refractivity contribution in [3.05, 3.63) is 20.8 Å². The summed E-state index contributed by atoms with van der Waals surface area (Å²) in [6.07, 6.45) is 4.71. The van der Waals surface area contributed by atoms with Crippen molar-refractivity contribution in [2.45, 2.75) is 31.7 Å². The fourth-order valence-electron chi connectivity index (χ4n) is 2.18. The fraction of sp³-hybridized carbons (Fsp3) is 0.583. The van der Waals surface area contributed by atoms with Crippen molar-refractivity contribution >= 4 is 49.1 Å². The molecule has 0 aromatic carbocycles. The van der Waals surface area contributed by atoms with E-state index in [-0.39, 0.29) is 5.91 Å². The maximum Gasteiger partial charge on any atom is 0.264 e. The highest BCUT2D eigenvalue weighted by molar-refractivity contribution is 9.11. The van der Waals surface area contributed by atoms with Crippen LogP contribution in [0.15, 0.2) is 15.9 Å². The summed E-state index contributed by atoms with van der Waals surface area (Å²) >= 11 is 8.46. The molecule has 1 aliphatic rings. The van der Waals surface area contributed by atoms with Crippen LogP contribution in [0.4, 0.5) is 0 Å². The molecule has 2 rings (SSSR count). The molecule has 0 radical (unpaired) electrons. The third kappa shape index (κ3) is 3.32. The molecule has 5 heteroatoms. The first kappa shape index (κ1) is 13.6. The van der Waals surface area contributed by atoms with E-state index in [4.69, 9.17) is 0 Å². The van der Waals surface area contributed by atoms with Crippen LogP contribution in [-0.4, -0.2) is 28.7 Å². The standard InChI is InChI=1S/C12H15Br2NOS/c13-8-9-4-2-1-3-7-15(9)12(16)10-5-6-11(14)17-10/h5-6,9H,1-4,7-8H2. The number of likely N-dealkylation sites (tertiary alicyclic amines) is 1. The highest BCUT2D eigenvalue weighted by Gasteiger charge is 2.26. The van der Waals surface area contributed by atoms with Crippen LogP contribution in [-0.2, 0) is 0 Å². The van der Waals surface area contributed by atoms with E-state index in [1.54, 1.807) is 0 Å². The predicted octanol–water partition coefficient (Wildman–Crippen LogP) is 4.29. The molecule has 94 valence electrons. The zero-order chi connectivity index (χ0) is 12.3. The molecule has 0 saturated carbocycles. The monoisotopic (exact) mass is 379 g/mol. The molecule has 1 aliphatic heterocycles. The largest absolute Gasteiger partial charge is 0.334 e. The Labute approximate surface area is 123 Å². The molecule has 1 saturated heterocycles. The number of nitrogens with zero attached hydrogens (tertiary/aromatic N) is 1. The normalized spacial score (nSPS) is 21.3. The third-order valence-electron chi connectivity index (χ3n) is 3.10. The molecule has 1 unspecified atom stereocenters. The molecule has 2 heterocycles. The molecular formula is C12H15Br2NOS. The first-order valence-electron chi connectivity index (χ1n) is 5.84. The van der Waals surface area contributed by atoms with Gasteiger partial charge in [-0.2, -0.15) is 0 Å². The van der Waals surface area contributed by atoms with E-state index in [1.807, 2.05) is 17.0 Å². The number of carbonyl (C=O) groups excluding carboxylic acids is 1. The van der Waals surface area contributed by atoms with Gasteiger partial charge in [-0.3, -0.25) is 4.79 Å². The van der Waals surface area contributed by atoms with E-state index in [0.717, 1.165) is 33.4 Å². The minimum absolute atomic E-state index is 0.187. The van der Waals surface area contributed by atoms with Gasteiger partial charge in [-0.1, -0.05) is 28.8 Å². The van der Waals surface area contributed by atoms with Crippen molar-refractivity contribution in [2.24, 2.45) is 0 Å². The van der Waals surface area contributed by atoms with Crippen molar-refractivity contribution in [1.82, 2.24) is 4.90 Å². The predicted molar refractivity (Wildman–Crippen MR) is 79.1 cm³/mol. The Bertz CT molecular complexity index is 394. The van der Waals surface area contributed by atoms with Gasteiger partial charge in [0.25, 0.3) is 5.91 Å². The van der Waals surface area contributed by atoms with Gasteiger partial charge in [0.1, 0.15) is 0 Å². The first-order valence-corrected chi connectivity index (χ1v) is 8.57. The minimum Gasteiger partial charge on any atom is -0.334 e. The molecule has 1 atom stereocenters. The Kier molecular flexibility index (Phi) is 5.06. The summed E-state index contributed by atoms with van der Waals surface area (Å²) in [4.78, 5) is 15.3. The summed E-state index contributed by atoms with van der Waals surface area (Å²) in [5.41, 5.74) is 0. The lowest BCUT2D eigenvalue weighted by molar-refractivity contribution is 0.0707. The Balaban J connectivity index is 2.15. The van der Waals surface area contributed by atoms with Gasteiger partial charge in [0.15, 0.2) is 0 Å². The van der Waals surface area contributed by atoms with E-state index in [9.17, 15) is 4.79 Å². The van der Waals surface area contributed by atoms with Crippen molar-refractivity contribution in [1.29, 1.82) is 0 Å². The second-order valence-corrected chi connectivity index (χ2v) is 7.37. The molecule has 0 aliphatic carbocycles. The number of hydrogen-bond acceptors (Lipinski definition) is 2. The van der Waals surface area contributed by atoms with Crippen molar-refractivity contribution in [3.63, 3.8) is 0 Å². The van der Waals surface area contributed by atoms with E-state index < -0.39 is 0 Å². The van der Waals surface area contributed by atoms with E-state index in [2.05, 4.69) is 31.9 Å². The van der Waals surface area contributed by atoms with Gasteiger partial charge in [0, 0.05) is 17.9 Å². The van der Waals surface area contributed by atoms with Crippen LogP contribution < -0.4 is 0 Å². The lowest BCUT2D eigenvalue weighted by Crippen LogP contribution is -2.40. The van der Waals surface area contributed by atoms with Crippen LogP contribution in [0.1, 0.15) is 35.4 Å². The van der Waals surface area contributed by atoms with Crippen molar-refractivity contribution < 1.29 is 4.79 Å². The third-order valence-corrected chi connectivity index (χ3v) is 5.46. The van der Waals surface area contributed by atoms with Gasteiger partial charge in [0.2, 0.25) is 0 Å². The molecule has 2 nitrogen and oxygen atoms in total. The van der Waals surface area contributed by atoms with Gasteiger partial charge < -0.3 is 4.90 Å². The summed E-state index contributed by atoms with van der Waals surface area (Å²) in [6, 6.07) is 4.21. The number of rotatable bonds is 2. The molecule has 0 N–H and O–H groups in total. The summed E-state index contributed by atoms with van der Waals surface area (Å²) in [6.45, 7) is 0.893.